The molecule has 2 fully saturated rings. The van der Waals surface area contributed by atoms with Crippen LogP contribution in [0.4, 0.5) is 0 Å². The Balaban J connectivity index is 1.37. The third-order valence-electron chi connectivity index (χ3n) is 5.16. The van der Waals surface area contributed by atoms with Gasteiger partial charge in [0.1, 0.15) is 12.4 Å². The van der Waals surface area contributed by atoms with E-state index in [1.54, 1.807) is 12.1 Å². The van der Waals surface area contributed by atoms with Crippen LogP contribution in [0.3, 0.4) is 0 Å². The van der Waals surface area contributed by atoms with Crippen LogP contribution in [0.1, 0.15) is 31.2 Å². The van der Waals surface area contributed by atoms with Gasteiger partial charge in [0.15, 0.2) is 0 Å². The highest BCUT2D eigenvalue weighted by Crippen LogP contribution is 2.48. The molecular weight excluding hydrogens is 260 g/mol. The second-order valence-corrected chi connectivity index (χ2v) is 6.68. The van der Waals surface area contributed by atoms with Crippen molar-refractivity contribution in [2.75, 3.05) is 26.7 Å². The van der Waals surface area contributed by atoms with Gasteiger partial charge in [0.05, 0.1) is 11.6 Å². The fourth-order valence-electron chi connectivity index (χ4n) is 4.04. The van der Waals surface area contributed by atoms with E-state index < -0.39 is 0 Å². The number of hydrogen-bond acceptors (Lipinski definition) is 3. The molecule has 0 saturated heterocycles. The second-order valence-electron chi connectivity index (χ2n) is 6.68. The summed E-state index contributed by atoms with van der Waals surface area (Å²) in [5.41, 5.74) is 0.677. The number of fused-ring (bicyclic) bond motifs is 2. The summed E-state index contributed by atoms with van der Waals surface area (Å²) in [5, 5.41) is 8.76. The van der Waals surface area contributed by atoms with Crippen molar-refractivity contribution in [3.8, 4) is 11.8 Å². The Hall–Kier alpha value is -1.53. The van der Waals surface area contributed by atoms with Crippen LogP contribution in [-0.2, 0) is 0 Å². The van der Waals surface area contributed by atoms with Gasteiger partial charge in [-0.3, -0.25) is 0 Å². The minimum absolute atomic E-state index is 0.677. The number of nitrogens with zero attached hydrogens (tertiary/aromatic N) is 2. The molecule has 0 aliphatic heterocycles. The topological polar surface area (TPSA) is 36.3 Å². The average Bonchev–Trinajstić information content (AvgIpc) is 3.10. The van der Waals surface area contributed by atoms with E-state index in [-0.39, 0.29) is 0 Å². The molecule has 0 radical (unpaired) electrons. The fraction of sp³-hybridized carbons (Fsp3) is 0.611. The zero-order valence-corrected chi connectivity index (χ0v) is 12.8. The van der Waals surface area contributed by atoms with Crippen LogP contribution in [0, 0.1) is 29.1 Å². The number of nitriles is 1. The summed E-state index contributed by atoms with van der Waals surface area (Å²) in [6.07, 6.45) is 5.88. The van der Waals surface area contributed by atoms with E-state index in [0.29, 0.717) is 12.2 Å². The van der Waals surface area contributed by atoms with Crippen molar-refractivity contribution in [2.24, 2.45) is 17.8 Å². The van der Waals surface area contributed by atoms with Crippen molar-refractivity contribution in [1.82, 2.24) is 4.90 Å². The molecule has 2 aliphatic carbocycles. The molecule has 0 N–H and O–H groups in total. The van der Waals surface area contributed by atoms with E-state index in [0.717, 1.165) is 30.0 Å². The van der Waals surface area contributed by atoms with Crippen molar-refractivity contribution in [3.63, 3.8) is 0 Å². The Kier molecular flexibility index (Phi) is 4.45. The Bertz CT molecular complexity index is 505. The number of benzene rings is 1. The van der Waals surface area contributed by atoms with Crippen molar-refractivity contribution >= 4 is 0 Å². The molecule has 0 amide bonds. The highest BCUT2D eigenvalue weighted by atomic mass is 16.5. The van der Waals surface area contributed by atoms with Gasteiger partial charge in [0.25, 0.3) is 0 Å². The highest BCUT2D eigenvalue weighted by Gasteiger charge is 2.39. The number of rotatable bonds is 6. The van der Waals surface area contributed by atoms with E-state index in [2.05, 4.69) is 18.0 Å². The first kappa shape index (κ1) is 14.4. The summed E-state index contributed by atoms with van der Waals surface area (Å²) >= 11 is 0. The molecule has 3 nitrogen and oxygen atoms in total. The molecule has 2 saturated carbocycles. The summed E-state index contributed by atoms with van der Waals surface area (Å²) < 4.78 is 5.75. The monoisotopic (exact) mass is 284 g/mol. The Morgan fingerprint density at radius 2 is 2.05 bits per heavy atom. The van der Waals surface area contributed by atoms with Crippen LogP contribution in [0.2, 0.25) is 0 Å². The van der Waals surface area contributed by atoms with Crippen LogP contribution in [0.25, 0.3) is 0 Å². The lowest BCUT2D eigenvalue weighted by Crippen LogP contribution is -2.31. The van der Waals surface area contributed by atoms with Crippen LogP contribution in [0.15, 0.2) is 24.3 Å². The second kappa shape index (κ2) is 6.49. The van der Waals surface area contributed by atoms with E-state index in [9.17, 15) is 0 Å². The molecule has 2 bridgehead atoms. The minimum atomic E-state index is 0.677. The fourth-order valence-corrected chi connectivity index (χ4v) is 4.04. The normalized spacial score (nSPS) is 27.0. The third-order valence-corrected chi connectivity index (χ3v) is 5.16. The Morgan fingerprint density at radius 3 is 2.67 bits per heavy atom. The van der Waals surface area contributed by atoms with Gasteiger partial charge in [0.2, 0.25) is 0 Å². The molecule has 3 unspecified atom stereocenters. The molecule has 2 aliphatic rings. The van der Waals surface area contributed by atoms with Gasteiger partial charge in [-0.05, 0) is 68.3 Å². The molecule has 1 aromatic carbocycles. The maximum absolute atomic E-state index is 8.76. The Morgan fingerprint density at radius 1 is 1.24 bits per heavy atom. The summed E-state index contributed by atoms with van der Waals surface area (Å²) in [7, 11) is 2.20. The summed E-state index contributed by atoms with van der Waals surface area (Å²) in [5.74, 6) is 3.80. The maximum Gasteiger partial charge on any atom is 0.119 e. The van der Waals surface area contributed by atoms with Crippen LogP contribution >= 0.6 is 0 Å². The van der Waals surface area contributed by atoms with Crippen molar-refractivity contribution in [1.29, 1.82) is 5.26 Å². The van der Waals surface area contributed by atoms with Crippen molar-refractivity contribution < 1.29 is 4.74 Å². The van der Waals surface area contributed by atoms with Gasteiger partial charge in [-0.2, -0.15) is 5.26 Å². The molecule has 0 spiro atoms. The lowest BCUT2D eigenvalue weighted by atomic mass is 9.88. The van der Waals surface area contributed by atoms with E-state index >= 15 is 0 Å². The molecule has 112 valence electrons. The van der Waals surface area contributed by atoms with Gasteiger partial charge in [0, 0.05) is 13.1 Å². The van der Waals surface area contributed by atoms with Gasteiger partial charge in [-0.1, -0.05) is 6.42 Å². The predicted molar refractivity (Wildman–Crippen MR) is 83.1 cm³/mol. The highest BCUT2D eigenvalue weighted by molar-refractivity contribution is 5.34. The summed E-state index contributed by atoms with van der Waals surface area (Å²) in [4.78, 5) is 2.41. The smallest absolute Gasteiger partial charge is 0.119 e. The molecule has 1 aromatic rings. The molecule has 21 heavy (non-hydrogen) atoms. The third kappa shape index (κ3) is 3.57. The first-order valence-corrected chi connectivity index (χ1v) is 8.06. The van der Waals surface area contributed by atoms with Gasteiger partial charge < -0.3 is 9.64 Å². The van der Waals surface area contributed by atoms with Crippen molar-refractivity contribution in [2.45, 2.75) is 25.7 Å². The zero-order valence-electron chi connectivity index (χ0n) is 12.8. The van der Waals surface area contributed by atoms with Gasteiger partial charge in [-0.15, -0.1) is 0 Å². The average molecular weight is 284 g/mol. The van der Waals surface area contributed by atoms with Crippen LogP contribution < -0.4 is 4.74 Å². The predicted octanol–water partition coefficient (Wildman–Crippen LogP) is 3.31. The number of likely N-dealkylation sites (N-methyl/N-ethyl adjacent to an activating group) is 1. The molecular formula is C18H24N2O. The van der Waals surface area contributed by atoms with E-state index in [1.165, 1.54) is 32.2 Å². The Labute approximate surface area is 127 Å². The lowest BCUT2D eigenvalue weighted by molar-refractivity contribution is 0.187. The first-order valence-electron chi connectivity index (χ1n) is 8.06. The van der Waals surface area contributed by atoms with Crippen molar-refractivity contribution in [3.05, 3.63) is 29.8 Å². The summed E-state index contributed by atoms with van der Waals surface area (Å²) in [6, 6.07) is 9.46. The standard InChI is InChI=1S/C18H24N2O/c1-20(13-17-11-15-2-5-16(17)10-15)8-9-21-18-6-3-14(12-19)4-7-18/h3-4,6-7,15-17H,2,5,8-11,13H2,1H3. The maximum atomic E-state index is 8.76. The SMILES string of the molecule is CN(CCOc1ccc(C#N)cc1)CC1CC2CCC1C2. The zero-order chi connectivity index (χ0) is 14.7. The van der Waals surface area contributed by atoms with E-state index in [4.69, 9.17) is 10.00 Å². The van der Waals surface area contributed by atoms with E-state index in [1.807, 2.05) is 12.1 Å². The number of hydrogen-bond donors (Lipinski definition) is 0. The molecule has 0 heterocycles. The minimum Gasteiger partial charge on any atom is -0.492 e. The molecule has 0 aromatic heterocycles. The number of ether oxygens (including phenoxy) is 1. The van der Waals surface area contributed by atoms with Crippen LogP contribution in [-0.4, -0.2) is 31.6 Å². The van der Waals surface area contributed by atoms with Crippen LogP contribution in [0.5, 0.6) is 5.75 Å². The quantitative estimate of drug-likeness (QED) is 0.804. The van der Waals surface area contributed by atoms with Gasteiger partial charge >= 0.3 is 0 Å². The largest absolute Gasteiger partial charge is 0.492 e. The first-order chi connectivity index (χ1) is 10.2. The summed E-state index contributed by atoms with van der Waals surface area (Å²) in [6.45, 7) is 2.90. The lowest BCUT2D eigenvalue weighted by Gasteiger charge is -2.27. The van der Waals surface area contributed by atoms with Gasteiger partial charge in [-0.25, -0.2) is 0 Å². The molecule has 3 heteroatoms. The molecule has 3 atom stereocenters. The molecule has 3 rings (SSSR count).